The van der Waals surface area contributed by atoms with Crippen molar-refractivity contribution in [2.45, 2.75) is 10.9 Å². The molecule has 0 aromatic heterocycles. The van der Waals surface area contributed by atoms with E-state index in [1.54, 1.807) is 7.05 Å². The molecule has 1 rings (SSSR count). The molecule has 0 saturated carbocycles. The Balaban J connectivity index is 2.56. The van der Waals surface area contributed by atoms with Crippen LogP contribution >= 0.6 is 27.7 Å². The Morgan fingerprint density at radius 2 is 2.27 bits per heavy atom. The van der Waals surface area contributed by atoms with E-state index in [1.807, 2.05) is 24.3 Å². The molecule has 0 amide bonds. The Kier molecular flexibility index (Phi) is 5.14. The number of hydrogen-bond acceptors (Lipinski definition) is 3. The molecule has 0 aliphatic rings. The van der Waals surface area contributed by atoms with Gasteiger partial charge < -0.3 is 10.4 Å². The van der Waals surface area contributed by atoms with Crippen LogP contribution in [-0.2, 0) is 4.79 Å². The van der Waals surface area contributed by atoms with Gasteiger partial charge in [0.15, 0.2) is 0 Å². The minimum Gasteiger partial charge on any atom is -0.480 e. The van der Waals surface area contributed by atoms with Gasteiger partial charge in [-0.05, 0) is 35.1 Å². The van der Waals surface area contributed by atoms with Gasteiger partial charge in [0.2, 0.25) is 0 Å². The van der Waals surface area contributed by atoms with Crippen LogP contribution in [0.3, 0.4) is 0 Å². The largest absolute Gasteiger partial charge is 0.480 e. The van der Waals surface area contributed by atoms with Gasteiger partial charge in [-0.1, -0.05) is 12.1 Å². The summed E-state index contributed by atoms with van der Waals surface area (Å²) < 4.78 is 0.996. The van der Waals surface area contributed by atoms with Crippen LogP contribution in [0.1, 0.15) is 0 Å². The Labute approximate surface area is 101 Å². The van der Waals surface area contributed by atoms with Crippen molar-refractivity contribution in [1.29, 1.82) is 0 Å². The van der Waals surface area contributed by atoms with Gasteiger partial charge in [0.05, 0.1) is 0 Å². The first-order chi connectivity index (χ1) is 7.15. The van der Waals surface area contributed by atoms with Crippen LogP contribution in [0, 0.1) is 0 Å². The number of benzene rings is 1. The molecule has 0 saturated heterocycles. The molecule has 15 heavy (non-hydrogen) atoms. The van der Waals surface area contributed by atoms with E-state index in [4.69, 9.17) is 5.11 Å². The average Bonchev–Trinajstić information content (AvgIpc) is 2.21. The standard InChI is InChI=1S/C10H12BrNO2S/c1-12-8(10(13)14)6-15-9-5-3-2-4-7(9)11/h2-5,8,12H,6H2,1H3,(H,13,14). The van der Waals surface area contributed by atoms with E-state index >= 15 is 0 Å². The fraction of sp³-hybridized carbons (Fsp3) is 0.300. The number of aliphatic carboxylic acids is 1. The van der Waals surface area contributed by atoms with E-state index in [0.717, 1.165) is 9.37 Å². The molecule has 1 unspecified atom stereocenters. The highest BCUT2D eigenvalue weighted by molar-refractivity contribution is 9.10. The second kappa shape index (κ2) is 6.15. The quantitative estimate of drug-likeness (QED) is 0.816. The first-order valence-corrected chi connectivity index (χ1v) is 6.20. The Morgan fingerprint density at radius 3 is 2.80 bits per heavy atom. The number of halogens is 1. The molecule has 0 bridgehead atoms. The maximum absolute atomic E-state index is 10.7. The molecular weight excluding hydrogens is 278 g/mol. The maximum atomic E-state index is 10.7. The van der Waals surface area contributed by atoms with Gasteiger partial charge in [0.25, 0.3) is 0 Å². The molecule has 0 fully saturated rings. The SMILES string of the molecule is CNC(CSc1ccccc1Br)C(=O)O. The highest BCUT2D eigenvalue weighted by atomic mass is 79.9. The van der Waals surface area contributed by atoms with Crippen LogP contribution in [0.4, 0.5) is 0 Å². The lowest BCUT2D eigenvalue weighted by Gasteiger charge is -2.10. The molecule has 3 nitrogen and oxygen atoms in total. The van der Waals surface area contributed by atoms with E-state index in [2.05, 4.69) is 21.2 Å². The number of nitrogens with one attached hydrogen (secondary N) is 1. The Morgan fingerprint density at radius 1 is 1.60 bits per heavy atom. The zero-order valence-electron chi connectivity index (χ0n) is 8.24. The van der Waals surface area contributed by atoms with E-state index < -0.39 is 12.0 Å². The molecule has 5 heteroatoms. The second-order valence-electron chi connectivity index (χ2n) is 2.92. The van der Waals surface area contributed by atoms with Gasteiger partial charge >= 0.3 is 5.97 Å². The molecule has 0 spiro atoms. The Bertz CT molecular complexity index is 346. The molecular formula is C10H12BrNO2S. The van der Waals surface area contributed by atoms with Crippen LogP contribution in [0.5, 0.6) is 0 Å². The van der Waals surface area contributed by atoms with Crippen molar-refractivity contribution >= 4 is 33.7 Å². The summed E-state index contributed by atoms with van der Waals surface area (Å²) in [6, 6.07) is 7.26. The van der Waals surface area contributed by atoms with Gasteiger partial charge in [-0.15, -0.1) is 11.8 Å². The number of rotatable bonds is 5. The van der Waals surface area contributed by atoms with Gasteiger partial charge in [-0.2, -0.15) is 0 Å². The monoisotopic (exact) mass is 289 g/mol. The number of carbonyl (C=O) groups is 1. The van der Waals surface area contributed by atoms with Gasteiger partial charge in [0.1, 0.15) is 6.04 Å². The van der Waals surface area contributed by atoms with Gasteiger partial charge in [0, 0.05) is 15.1 Å². The predicted octanol–water partition coefficient (Wildman–Crippen LogP) is 2.21. The summed E-state index contributed by atoms with van der Waals surface area (Å²) in [5.41, 5.74) is 0. The molecule has 82 valence electrons. The van der Waals surface area contributed by atoms with Crippen molar-refractivity contribution in [3.8, 4) is 0 Å². The van der Waals surface area contributed by atoms with Crippen molar-refractivity contribution < 1.29 is 9.90 Å². The minimum absolute atomic E-state index is 0.508. The third-order valence-electron chi connectivity index (χ3n) is 1.89. The summed E-state index contributed by atoms with van der Waals surface area (Å²) in [5.74, 6) is -0.314. The van der Waals surface area contributed by atoms with Crippen molar-refractivity contribution in [3.63, 3.8) is 0 Å². The van der Waals surface area contributed by atoms with Crippen molar-refractivity contribution in [2.75, 3.05) is 12.8 Å². The zero-order valence-corrected chi connectivity index (χ0v) is 10.6. The maximum Gasteiger partial charge on any atom is 0.321 e. The van der Waals surface area contributed by atoms with Crippen LogP contribution < -0.4 is 5.32 Å². The predicted molar refractivity (Wildman–Crippen MR) is 65.3 cm³/mol. The summed E-state index contributed by atoms with van der Waals surface area (Å²) in [7, 11) is 1.65. The smallest absolute Gasteiger partial charge is 0.321 e. The van der Waals surface area contributed by atoms with Crippen LogP contribution in [-0.4, -0.2) is 29.9 Å². The van der Waals surface area contributed by atoms with Crippen LogP contribution in [0.25, 0.3) is 0 Å². The second-order valence-corrected chi connectivity index (χ2v) is 4.84. The van der Waals surface area contributed by atoms with E-state index in [-0.39, 0.29) is 0 Å². The van der Waals surface area contributed by atoms with Gasteiger partial charge in [-0.25, -0.2) is 0 Å². The molecule has 1 aromatic rings. The first kappa shape index (κ1) is 12.5. The van der Waals surface area contributed by atoms with Crippen molar-refractivity contribution in [3.05, 3.63) is 28.7 Å². The normalized spacial score (nSPS) is 12.4. The summed E-state index contributed by atoms with van der Waals surface area (Å²) in [5, 5.41) is 11.6. The lowest BCUT2D eigenvalue weighted by atomic mass is 10.3. The highest BCUT2D eigenvalue weighted by Gasteiger charge is 2.15. The third kappa shape index (κ3) is 3.85. The van der Waals surface area contributed by atoms with Crippen LogP contribution in [0.2, 0.25) is 0 Å². The fourth-order valence-electron chi connectivity index (χ4n) is 1.01. The molecule has 0 heterocycles. The minimum atomic E-state index is -0.822. The number of carboxylic acid groups (broad SMARTS) is 1. The first-order valence-electron chi connectivity index (χ1n) is 4.42. The van der Waals surface area contributed by atoms with Crippen molar-refractivity contribution in [2.24, 2.45) is 0 Å². The summed E-state index contributed by atoms with van der Waals surface area (Å²) in [6.07, 6.45) is 0. The lowest BCUT2D eigenvalue weighted by Crippen LogP contribution is -2.35. The van der Waals surface area contributed by atoms with E-state index in [9.17, 15) is 4.79 Å². The number of carboxylic acids is 1. The number of thioether (sulfide) groups is 1. The zero-order chi connectivity index (χ0) is 11.3. The molecule has 0 radical (unpaired) electrons. The third-order valence-corrected chi connectivity index (χ3v) is 4.01. The van der Waals surface area contributed by atoms with Crippen LogP contribution in [0.15, 0.2) is 33.6 Å². The average molecular weight is 290 g/mol. The molecule has 2 N–H and O–H groups in total. The summed E-state index contributed by atoms with van der Waals surface area (Å²) in [6.45, 7) is 0. The Hall–Kier alpha value is -0.520. The number of likely N-dealkylation sites (N-methyl/N-ethyl adjacent to an activating group) is 1. The fourth-order valence-corrected chi connectivity index (χ4v) is 2.68. The summed E-state index contributed by atoms with van der Waals surface area (Å²) >= 11 is 4.93. The summed E-state index contributed by atoms with van der Waals surface area (Å²) in [4.78, 5) is 11.8. The molecule has 0 aliphatic carbocycles. The van der Waals surface area contributed by atoms with E-state index in [1.165, 1.54) is 11.8 Å². The lowest BCUT2D eigenvalue weighted by molar-refractivity contribution is -0.138. The van der Waals surface area contributed by atoms with Gasteiger partial charge in [-0.3, -0.25) is 4.79 Å². The van der Waals surface area contributed by atoms with Crippen molar-refractivity contribution in [1.82, 2.24) is 5.32 Å². The highest BCUT2D eigenvalue weighted by Crippen LogP contribution is 2.27. The molecule has 1 aromatic carbocycles. The topological polar surface area (TPSA) is 49.3 Å². The molecule has 0 aliphatic heterocycles. The van der Waals surface area contributed by atoms with E-state index in [0.29, 0.717) is 5.75 Å². The molecule has 1 atom stereocenters. The number of hydrogen-bond donors (Lipinski definition) is 2.